The molecule has 5 nitrogen and oxygen atoms in total. The van der Waals surface area contributed by atoms with Crippen LogP contribution in [0.3, 0.4) is 0 Å². The third kappa shape index (κ3) is 1.74. The van der Waals surface area contributed by atoms with Crippen LogP contribution in [-0.2, 0) is 0 Å². The summed E-state index contributed by atoms with van der Waals surface area (Å²) in [4.78, 5) is 10.6. The third-order valence-electron chi connectivity index (χ3n) is 3.02. The van der Waals surface area contributed by atoms with Gasteiger partial charge in [-0.15, -0.1) is 5.10 Å². The summed E-state index contributed by atoms with van der Waals surface area (Å²) < 4.78 is 1.94. The number of nitrogens with zero attached hydrogens (tertiary/aromatic N) is 3. The Hall–Kier alpha value is -2.01. The van der Waals surface area contributed by atoms with Crippen LogP contribution in [0.5, 0.6) is 0 Å². The lowest BCUT2D eigenvalue weighted by Gasteiger charge is -2.28. The molecule has 0 bridgehead atoms. The number of hydrogen-bond acceptors (Lipinski definition) is 4. The van der Waals surface area contributed by atoms with Crippen molar-refractivity contribution in [1.82, 2.24) is 20.3 Å². The lowest BCUT2D eigenvalue weighted by Crippen LogP contribution is -2.44. The van der Waals surface area contributed by atoms with Crippen molar-refractivity contribution in [2.75, 3.05) is 13.1 Å². The average molecular weight is 228 g/mol. The molecule has 86 valence electrons. The normalized spacial score (nSPS) is 15.5. The van der Waals surface area contributed by atoms with Crippen molar-refractivity contribution in [2.45, 2.75) is 6.04 Å². The Balaban J connectivity index is 1.96. The Kier molecular flexibility index (Phi) is 2.45. The Morgan fingerprint density at radius 2 is 2.06 bits per heavy atom. The van der Waals surface area contributed by atoms with Gasteiger partial charge in [0.1, 0.15) is 6.29 Å². The highest BCUT2D eigenvalue weighted by atomic mass is 16.1. The van der Waals surface area contributed by atoms with E-state index in [-0.39, 0.29) is 0 Å². The molecule has 0 amide bonds. The van der Waals surface area contributed by atoms with Gasteiger partial charge >= 0.3 is 0 Å². The molecule has 2 heterocycles. The van der Waals surface area contributed by atoms with Gasteiger partial charge in [-0.3, -0.25) is 4.79 Å². The molecule has 1 saturated heterocycles. The summed E-state index contributed by atoms with van der Waals surface area (Å²) in [6.45, 7) is 1.87. The fourth-order valence-electron chi connectivity index (χ4n) is 1.90. The van der Waals surface area contributed by atoms with Crippen molar-refractivity contribution in [3.05, 3.63) is 36.0 Å². The van der Waals surface area contributed by atoms with Gasteiger partial charge in [0.25, 0.3) is 0 Å². The Bertz CT molecular complexity index is 528. The fraction of sp³-hybridized carbons (Fsp3) is 0.250. The lowest BCUT2D eigenvalue weighted by atomic mass is 10.1. The largest absolute Gasteiger partial charge is 0.312 e. The predicted octanol–water partition coefficient (Wildman–Crippen LogP) is 0.902. The Labute approximate surface area is 98.4 Å². The van der Waals surface area contributed by atoms with Crippen LogP contribution in [0, 0.1) is 0 Å². The van der Waals surface area contributed by atoms with E-state index in [2.05, 4.69) is 15.6 Å². The maximum Gasteiger partial charge on any atom is 0.150 e. The molecule has 0 aliphatic carbocycles. The third-order valence-corrected chi connectivity index (χ3v) is 3.02. The average Bonchev–Trinajstić information content (AvgIpc) is 2.76. The number of aldehydes is 1. The second kappa shape index (κ2) is 4.10. The highest BCUT2D eigenvalue weighted by Gasteiger charge is 2.22. The van der Waals surface area contributed by atoms with E-state index in [1.807, 2.05) is 16.8 Å². The minimum atomic E-state index is 0.387. The van der Waals surface area contributed by atoms with Gasteiger partial charge in [0.15, 0.2) is 0 Å². The standard InChI is InChI=1S/C12H12N4O/c17-8-9-1-3-10(4-2-9)12-7-14-15-16(12)11-5-13-6-11/h1-4,7-8,11,13H,5-6H2. The Morgan fingerprint density at radius 3 is 2.65 bits per heavy atom. The molecule has 3 rings (SSSR count). The van der Waals surface area contributed by atoms with Crippen molar-refractivity contribution in [1.29, 1.82) is 0 Å². The number of benzene rings is 1. The summed E-state index contributed by atoms with van der Waals surface area (Å²) in [6.07, 6.45) is 2.60. The topological polar surface area (TPSA) is 59.8 Å². The molecule has 0 saturated carbocycles. The second-order valence-corrected chi connectivity index (χ2v) is 4.12. The molecule has 1 N–H and O–H groups in total. The van der Waals surface area contributed by atoms with E-state index in [9.17, 15) is 4.79 Å². The van der Waals surface area contributed by atoms with Crippen LogP contribution >= 0.6 is 0 Å². The van der Waals surface area contributed by atoms with Crippen LogP contribution < -0.4 is 5.32 Å². The molecule has 1 aliphatic heterocycles. The SMILES string of the molecule is O=Cc1ccc(-c2cnnn2C2CNC2)cc1. The van der Waals surface area contributed by atoms with E-state index in [0.29, 0.717) is 11.6 Å². The zero-order valence-corrected chi connectivity index (χ0v) is 9.21. The number of carbonyl (C=O) groups excluding carboxylic acids is 1. The van der Waals surface area contributed by atoms with Crippen LogP contribution in [0.15, 0.2) is 30.5 Å². The molecule has 5 heteroatoms. The quantitative estimate of drug-likeness (QED) is 0.793. The number of hydrogen-bond donors (Lipinski definition) is 1. The van der Waals surface area contributed by atoms with Crippen LogP contribution in [0.2, 0.25) is 0 Å². The van der Waals surface area contributed by atoms with Crippen molar-refractivity contribution < 1.29 is 4.79 Å². The van der Waals surface area contributed by atoms with Crippen molar-refractivity contribution in [3.8, 4) is 11.3 Å². The fourth-order valence-corrected chi connectivity index (χ4v) is 1.90. The van der Waals surface area contributed by atoms with E-state index in [4.69, 9.17) is 0 Å². The molecule has 0 radical (unpaired) electrons. The van der Waals surface area contributed by atoms with Gasteiger partial charge in [-0.25, -0.2) is 4.68 Å². The zero-order valence-electron chi connectivity index (χ0n) is 9.21. The first-order valence-electron chi connectivity index (χ1n) is 5.55. The minimum absolute atomic E-state index is 0.387. The molecule has 1 fully saturated rings. The smallest absolute Gasteiger partial charge is 0.150 e. The predicted molar refractivity (Wildman–Crippen MR) is 62.8 cm³/mol. The molecular weight excluding hydrogens is 216 g/mol. The summed E-state index contributed by atoms with van der Waals surface area (Å²) in [6, 6.07) is 7.84. The highest BCUT2D eigenvalue weighted by molar-refractivity contribution is 5.76. The van der Waals surface area contributed by atoms with Gasteiger partial charge in [-0.1, -0.05) is 29.5 Å². The van der Waals surface area contributed by atoms with Crippen LogP contribution in [-0.4, -0.2) is 34.4 Å². The van der Waals surface area contributed by atoms with E-state index >= 15 is 0 Å². The number of nitrogens with one attached hydrogen (secondary N) is 1. The van der Waals surface area contributed by atoms with Crippen molar-refractivity contribution >= 4 is 6.29 Å². The van der Waals surface area contributed by atoms with E-state index in [1.165, 1.54) is 0 Å². The summed E-state index contributed by atoms with van der Waals surface area (Å²) in [7, 11) is 0. The van der Waals surface area contributed by atoms with Gasteiger partial charge in [0.05, 0.1) is 17.9 Å². The van der Waals surface area contributed by atoms with Crippen LogP contribution in [0.1, 0.15) is 16.4 Å². The Morgan fingerprint density at radius 1 is 1.29 bits per heavy atom. The number of rotatable bonds is 3. The summed E-state index contributed by atoms with van der Waals surface area (Å²) in [5.41, 5.74) is 2.71. The molecule has 0 unspecified atom stereocenters. The van der Waals surface area contributed by atoms with Gasteiger partial charge < -0.3 is 5.32 Å². The molecule has 1 aliphatic rings. The van der Waals surface area contributed by atoms with Gasteiger partial charge in [-0.2, -0.15) is 0 Å². The van der Waals surface area contributed by atoms with Crippen LogP contribution in [0.4, 0.5) is 0 Å². The summed E-state index contributed by atoms with van der Waals surface area (Å²) in [5.74, 6) is 0. The van der Waals surface area contributed by atoms with E-state index in [0.717, 1.165) is 30.6 Å². The van der Waals surface area contributed by atoms with Gasteiger partial charge in [0.2, 0.25) is 0 Å². The van der Waals surface area contributed by atoms with Crippen LogP contribution in [0.25, 0.3) is 11.3 Å². The molecule has 0 spiro atoms. The first-order valence-corrected chi connectivity index (χ1v) is 5.55. The first-order chi connectivity index (χ1) is 8.38. The monoisotopic (exact) mass is 228 g/mol. The van der Waals surface area contributed by atoms with Gasteiger partial charge in [0, 0.05) is 24.2 Å². The maximum atomic E-state index is 10.6. The molecule has 1 aromatic heterocycles. The van der Waals surface area contributed by atoms with Crippen molar-refractivity contribution in [3.63, 3.8) is 0 Å². The van der Waals surface area contributed by atoms with E-state index < -0.39 is 0 Å². The molecular formula is C12H12N4O. The maximum absolute atomic E-state index is 10.6. The number of carbonyl (C=O) groups is 1. The second-order valence-electron chi connectivity index (χ2n) is 4.12. The van der Waals surface area contributed by atoms with Crippen molar-refractivity contribution in [2.24, 2.45) is 0 Å². The molecule has 0 atom stereocenters. The van der Waals surface area contributed by atoms with Gasteiger partial charge in [-0.05, 0) is 0 Å². The summed E-state index contributed by atoms with van der Waals surface area (Å²) in [5, 5.41) is 11.3. The number of aromatic nitrogens is 3. The minimum Gasteiger partial charge on any atom is -0.312 e. The zero-order chi connectivity index (χ0) is 11.7. The molecule has 17 heavy (non-hydrogen) atoms. The molecule has 1 aromatic carbocycles. The van der Waals surface area contributed by atoms with E-state index in [1.54, 1.807) is 18.3 Å². The highest BCUT2D eigenvalue weighted by Crippen LogP contribution is 2.22. The summed E-state index contributed by atoms with van der Waals surface area (Å²) >= 11 is 0. The first kappa shape index (κ1) is 10.2. The molecule has 2 aromatic rings. The lowest BCUT2D eigenvalue weighted by molar-refractivity contribution is 0.112.